The Bertz CT molecular complexity index is 546. The van der Waals surface area contributed by atoms with Crippen molar-refractivity contribution in [2.24, 2.45) is 0 Å². The molecule has 0 aliphatic heterocycles. The third kappa shape index (κ3) is 3.94. The lowest BCUT2D eigenvalue weighted by atomic mass is 10.2. The molecule has 20 heavy (non-hydrogen) atoms. The number of ether oxygens (including phenoxy) is 2. The van der Waals surface area contributed by atoms with Gasteiger partial charge < -0.3 is 14.8 Å². The lowest BCUT2D eigenvalue weighted by molar-refractivity contribution is 0.352. The fraction of sp³-hybridized carbons (Fsp3) is 0.357. The largest absolute Gasteiger partial charge is 0.493 e. The minimum atomic E-state index is 0.721. The predicted octanol–water partition coefficient (Wildman–Crippen LogP) is 3.26. The summed E-state index contributed by atoms with van der Waals surface area (Å²) in [5, 5.41) is 5.48. The first-order valence-corrected chi connectivity index (χ1v) is 7.96. The Morgan fingerprint density at radius 1 is 1.30 bits per heavy atom. The molecule has 1 aromatic heterocycles. The zero-order valence-corrected chi connectivity index (χ0v) is 13.9. The van der Waals surface area contributed by atoms with Crippen molar-refractivity contribution in [3.63, 3.8) is 0 Å². The number of hydrogen-bond donors (Lipinski definition) is 1. The molecular formula is C14H17BrN2O2S. The van der Waals surface area contributed by atoms with Crippen molar-refractivity contribution < 1.29 is 9.47 Å². The monoisotopic (exact) mass is 356 g/mol. The van der Waals surface area contributed by atoms with Crippen molar-refractivity contribution in [1.29, 1.82) is 0 Å². The van der Waals surface area contributed by atoms with Crippen LogP contribution in [-0.4, -0.2) is 25.7 Å². The van der Waals surface area contributed by atoms with Crippen molar-refractivity contribution in [3.05, 3.63) is 38.8 Å². The second-order valence-corrected chi connectivity index (χ2v) is 5.79. The fourth-order valence-electron chi connectivity index (χ4n) is 1.88. The highest BCUT2D eigenvalue weighted by Crippen LogP contribution is 2.36. The maximum Gasteiger partial charge on any atom is 0.174 e. The molecule has 1 heterocycles. The maximum absolute atomic E-state index is 5.33. The van der Waals surface area contributed by atoms with Crippen molar-refractivity contribution in [2.45, 2.75) is 13.0 Å². The first-order valence-electron chi connectivity index (χ1n) is 6.22. The third-order valence-electron chi connectivity index (χ3n) is 2.86. The summed E-state index contributed by atoms with van der Waals surface area (Å²) in [7, 11) is 3.28. The third-order valence-corrected chi connectivity index (χ3v) is 4.09. The SMILES string of the molecule is COc1cc(CNCCc2cscn2)cc(Br)c1OC. The molecule has 0 fully saturated rings. The summed E-state index contributed by atoms with van der Waals surface area (Å²) in [6.07, 6.45) is 0.942. The van der Waals surface area contributed by atoms with E-state index in [2.05, 4.69) is 31.6 Å². The van der Waals surface area contributed by atoms with Gasteiger partial charge in [-0.3, -0.25) is 0 Å². The highest BCUT2D eigenvalue weighted by atomic mass is 79.9. The molecule has 4 nitrogen and oxygen atoms in total. The molecule has 0 spiro atoms. The number of aromatic nitrogens is 1. The Kier molecular flexibility index (Phi) is 5.82. The lowest BCUT2D eigenvalue weighted by Gasteiger charge is -2.12. The first-order chi connectivity index (χ1) is 9.74. The van der Waals surface area contributed by atoms with E-state index in [0.29, 0.717) is 0 Å². The van der Waals surface area contributed by atoms with Gasteiger partial charge in [0.25, 0.3) is 0 Å². The summed E-state index contributed by atoms with van der Waals surface area (Å²) >= 11 is 5.13. The van der Waals surface area contributed by atoms with Gasteiger partial charge in [-0.15, -0.1) is 11.3 Å². The van der Waals surface area contributed by atoms with Crippen LogP contribution in [0.4, 0.5) is 0 Å². The van der Waals surface area contributed by atoms with Crippen LogP contribution in [0.5, 0.6) is 11.5 Å². The smallest absolute Gasteiger partial charge is 0.174 e. The predicted molar refractivity (Wildman–Crippen MR) is 84.8 cm³/mol. The maximum atomic E-state index is 5.33. The van der Waals surface area contributed by atoms with Gasteiger partial charge >= 0.3 is 0 Å². The van der Waals surface area contributed by atoms with Gasteiger partial charge in [0.05, 0.1) is 29.9 Å². The van der Waals surface area contributed by atoms with Crippen molar-refractivity contribution in [3.8, 4) is 11.5 Å². The van der Waals surface area contributed by atoms with Crippen LogP contribution in [0.2, 0.25) is 0 Å². The summed E-state index contributed by atoms with van der Waals surface area (Å²) in [5.74, 6) is 1.46. The van der Waals surface area contributed by atoms with Crippen LogP contribution in [0.15, 0.2) is 27.5 Å². The summed E-state index contributed by atoms with van der Waals surface area (Å²) in [5.41, 5.74) is 4.14. The molecule has 0 aliphatic rings. The highest BCUT2D eigenvalue weighted by molar-refractivity contribution is 9.10. The standard InChI is InChI=1S/C14H17BrN2O2S/c1-18-13-6-10(5-12(15)14(13)19-2)7-16-4-3-11-8-20-9-17-11/h5-6,8-9,16H,3-4,7H2,1-2H3. The molecule has 0 aliphatic carbocycles. The van der Waals surface area contributed by atoms with Gasteiger partial charge in [0.1, 0.15) is 0 Å². The van der Waals surface area contributed by atoms with Gasteiger partial charge in [0.15, 0.2) is 11.5 Å². The van der Waals surface area contributed by atoms with Crippen LogP contribution in [0.3, 0.4) is 0 Å². The Labute approximate surface area is 131 Å². The van der Waals surface area contributed by atoms with E-state index in [1.54, 1.807) is 25.6 Å². The second-order valence-electron chi connectivity index (χ2n) is 4.22. The molecule has 0 unspecified atom stereocenters. The second kappa shape index (κ2) is 7.61. The number of nitrogens with zero attached hydrogens (tertiary/aromatic N) is 1. The van der Waals surface area contributed by atoms with Gasteiger partial charge in [-0.05, 0) is 33.6 Å². The zero-order valence-electron chi connectivity index (χ0n) is 11.5. The molecule has 1 N–H and O–H groups in total. The lowest BCUT2D eigenvalue weighted by Crippen LogP contribution is -2.16. The van der Waals surface area contributed by atoms with Crippen LogP contribution >= 0.6 is 27.3 Å². The van der Waals surface area contributed by atoms with Crippen LogP contribution in [0, 0.1) is 0 Å². The van der Waals surface area contributed by atoms with Crippen molar-refractivity contribution in [1.82, 2.24) is 10.3 Å². The number of methoxy groups -OCH3 is 2. The summed E-state index contributed by atoms with van der Waals surface area (Å²) in [6, 6.07) is 4.02. The number of thiazole rings is 1. The molecule has 0 saturated heterocycles. The van der Waals surface area contributed by atoms with Gasteiger partial charge in [0, 0.05) is 24.9 Å². The Morgan fingerprint density at radius 2 is 2.15 bits per heavy atom. The quantitative estimate of drug-likeness (QED) is 0.773. The molecule has 2 rings (SSSR count). The minimum Gasteiger partial charge on any atom is -0.493 e. The topological polar surface area (TPSA) is 43.4 Å². The summed E-state index contributed by atoms with van der Waals surface area (Å²) < 4.78 is 11.5. The first kappa shape index (κ1) is 15.3. The molecule has 0 bridgehead atoms. The van der Waals surface area contributed by atoms with E-state index in [-0.39, 0.29) is 0 Å². The van der Waals surface area contributed by atoms with Crippen LogP contribution in [0.25, 0.3) is 0 Å². The molecule has 0 atom stereocenters. The summed E-state index contributed by atoms with van der Waals surface area (Å²) in [6.45, 7) is 1.68. The Balaban J connectivity index is 1.91. The molecule has 1 aromatic carbocycles. The average molecular weight is 357 g/mol. The molecule has 6 heteroatoms. The number of benzene rings is 1. The van der Waals surface area contributed by atoms with Gasteiger partial charge in [-0.1, -0.05) is 0 Å². The number of hydrogen-bond acceptors (Lipinski definition) is 5. The normalized spacial score (nSPS) is 10.6. The van der Waals surface area contributed by atoms with Crippen LogP contribution < -0.4 is 14.8 Å². The van der Waals surface area contributed by atoms with E-state index in [9.17, 15) is 0 Å². The van der Waals surface area contributed by atoms with Gasteiger partial charge in [-0.2, -0.15) is 0 Å². The number of rotatable bonds is 7. The molecule has 0 radical (unpaired) electrons. The fourth-order valence-corrected chi connectivity index (χ4v) is 3.13. The van der Waals surface area contributed by atoms with E-state index in [1.165, 1.54) is 0 Å². The van der Waals surface area contributed by atoms with Gasteiger partial charge in [-0.25, -0.2) is 4.98 Å². The minimum absolute atomic E-state index is 0.721. The van der Waals surface area contributed by atoms with Crippen molar-refractivity contribution >= 4 is 27.3 Å². The average Bonchev–Trinajstić information content (AvgIpc) is 2.96. The van der Waals surface area contributed by atoms with E-state index in [1.807, 2.05) is 17.6 Å². The highest BCUT2D eigenvalue weighted by Gasteiger charge is 2.10. The van der Waals surface area contributed by atoms with Crippen molar-refractivity contribution in [2.75, 3.05) is 20.8 Å². The van der Waals surface area contributed by atoms with E-state index < -0.39 is 0 Å². The van der Waals surface area contributed by atoms with Crippen LogP contribution in [0.1, 0.15) is 11.3 Å². The molecule has 0 saturated carbocycles. The Morgan fingerprint density at radius 3 is 2.80 bits per heavy atom. The number of halogens is 1. The van der Waals surface area contributed by atoms with Gasteiger partial charge in [0.2, 0.25) is 0 Å². The van der Waals surface area contributed by atoms with E-state index >= 15 is 0 Å². The molecule has 0 amide bonds. The summed E-state index contributed by atoms with van der Waals surface area (Å²) in [4.78, 5) is 4.26. The molecule has 2 aromatic rings. The van der Waals surface area contributed by atoms with Crippen LogP contribution in [-0.2, 0) is 13.0 Å². The number of nitrogens with one attached hydrogen (secondary N) is 1. The molecular weight excluding hydrogens is 340 g/mol. The van der Waals surface area contributed by atoms with E-state index in [4.69, 9.17) is 9.47 Å². The Hall–Kier alpha value is -1.11. The zero-order chi connectivity index (χ0) is 14.4. The molecule has 108 valence electrons. The van der Waals surface area contributed by atoms with E-state index in [0.717, 1.165) is 46.7 Å².